The number of aryl methyl sites for hydroxylation is 2. The fourth-order valence-electron chi connectivity index (χ4n) is 2.76. The minimum Gasteiger partial charge on any atom is -0.355 e. The molecule has 0 bridgehead atoms. The molecule has 0 saturated heterocycles. The zero-order valence-corrected chi connectivity index (χ0v) is 15.1. The van der Waals surface area contributed by atoms with E-state index >= 15 is 0 Å². The number of carbonyl (C=O) groups excluding carboxylic acids is 2. The van der Waals surface area contributed by atoms with Gasteiger partial charge in [-0.1, -0.05) is 18.7 Å². The minimum absolute atomic E-state index is 0.00542. The van der Waals surface area contributed by atoms with Gasteiger partial charge in [-0.2, -0.15) is 0 Å². The lowest BCUT2D eigenvalue weighted by molar-refractivity contribution is 0.0988. The average molecular weight is 333 g/mol. The summed E-state index contributed by atoms with van der Waals surface area (Å²) in [6.07, 6.45) is 4.71. The van der Waals surface area contributed by atoms with Crippen molar-refractivity contribution in [1.82, 2.24) is 14.5 Å². The SMILES string of the molecule is CCCn1ccnc1SC(C)C(=O)c1[nH]c(C)c(C(C)=O)c1C. The number of rotatable bonds is 7. The van der Waals surface area contributed by atoms with Crippen LogP contribution in [0.4, 0.5) is 0 Å². The Kier molecular flexibility index (Phi) is 5.46. The van der Waals surface area contributed by atoms with Gasteiger partial charge in [-0.3, -0.25) is 9.59 Å². The summed E-state index contributed by atoms with van der Waals surface area (Å²) in [6.45, 7) is 10.0. The zero-order chi connectivity index (χ0) is 17.1. The maximum atomic E-state index is 12.7. The van der Waals surface area contributed by atoms with Gasteiger partial charge < -0.3 is 9.55 Å². The van der Waals surface area contributed by atoms with Crippen LogP contribution in [0.3, 0.4) is 0 Å². The first-order valence-corrected chi connectivity index (χ1v) is 8.66. The van der Waals surface area contributed by atoms with Crippen molar-refractivity contribution < 1.29 is 9.59 Å². The number of hydrogen-bond acceptors (Lipinski definition) is 4. The van der Waals surface area contributed by atoms with Crippen LogP contribution in [0.2, 0.25) is 0 Å². The van der Waals surface area contributed by atoms with Gasteiger partial charge in [-0.25, -0.2) is 4.98 Å². The van der Waals surface area contributed by atoms with Crippen LogP contribution in [-0.2, 0) is 6.54 Å². The van der Waals surface area contributed by atoms with Gasteiger partial charge in [-0.15, -0.1) is 0 Å². The molecule has 2 heterocycles. The number of carbonyl (C=O) groups is 2. The molecule has 0 spiro atoms. The van der Waals surface area contributed by atoms with Crippen molar-refractivity contribution in [3.63, 3.8) is 0 Å². The molecule has 124 valence electrons. The Morgan fingerprint density at radius 2 is 2.09 bits per heavy atom. The molecule has 0 aromatic carbocycles. The number of Topliss-reactive ketones (excluding diaryl/α,β-unsaturated/α-hetero) is 2. The Bertz CT molecular complexity index is 730. The number of imidazole rings is 1. The molecular formula is C17H23N3O2S. The van der Waals surface area contributed by atoms with Crippen molar-refractivity contribution in [1.29, 1.82) is 0 Å². The fourth-order valence-corrected chi connectivity index (χ4v) is 3.71. The normalized spacial score (nSPS) is 12.4. The molecule has 2 aromatic heterocycles. The molecule has 5 nitrogen and oxygen atoms in total. The molecule has 0 amide bonds. The van der Waals surface area contributed by atoms with Crippen molar-refractivity contribution in [2.45, 2.75) is 58.0 Å². The Morgan fingerprint density at radius 3 is 2.65 bits per heavy atom. The Morgan fingerprint density at radius 1 is 1.39 bits per heavy atom. The van der Waals surface area contributed by atoms with Crippen LogP contribution in [0.5, 0.6) is 0 Å². The van der Waals surface area contributed by atoms with E-state index in [1.807, 2.05) is 27.0 Å². The van der Waals surface area contributed by atoms with E-state index in [0.29, 0.717) is 11.3 Å². The van der Waals surface area contributed by atoms with Gasteiger partial charge in [0.1, 0.15) is 0 Å². The smallest absolute Gasteiger partial charge is 0.192 e. The van der Waals surface area contributed by atoms with E-state index in [-0.39, 0.29) is 16.8 Å². The molecule has 0 saturated carbocycles. The van der Waals surface area contributed by atoms with Gasteiger partial charge in [0.2, 0.25) is 0 Å². The van der Waals surface area contributed by atoms with Crippen molar-refractivity contribution >= 4 is 23.3 Å². The third kappa shape index (κ3) is 3.58. The highest BCUT2D eigenvalue weighted by Gasteiger charge is 2.25. The van der Waals surface area contributed by atoms with Gasteiger partial charge in [0.05, 0.1) is 10.9 Å². The second kappa shape index (κ2) is 7.17. The van der Waals surface area contributed by atoms with Crippen molar-refractivity contribution in [3.8, 4) is 0 Å². The molecule has 1 atom stereocenters. The minimum atomic E-state index is -0.274. The monoisotopic (exact) mass is 333 g/mol. The fraction of sp³-hybridized carbons (Fsp3) is 0.471. The lowest BCUT2D eigenvalue weighted by Crippen LogP contribution is -2.16. The highest BCUT2D eigenvalue weighted by atomic mass is 32.2. The van der Waals surface area contributed by atoms with E-state index in [2.05, 4.69) is 21.5 Å². The molecule has 0 aliphatic heterocycles. The quantitative estimate of drug-likeness (QED) is 0.618. The summed E-state index contributed by atoms with van der Waals surface area (Å²) in [5.74, 6) is -0.0248. The van der Waals surface area contributed by atoms with E-state index in [0.717, 1.165) is 29.4 Å². The first-order valence-electron chi connectivity index (χ1n) is 7.78. The summed E-state index contributed by atoms with van der Waals surface area (Å²) in [7, 11) is 0. The Hall–Kier alpha value is -1.82. The van der Waals surface area contributed by atoms with E-state index in [9.17, 15) is 9.59 Å². The van der Waals surface area contributed by atoms with Gasteiger partial charge in [0, 0.05) is 30.2 Å². The highest BCUT2D eigenvalue weighted by Crippen LogP contribution is 2.27. The van der Waals surface area contributed by atoms with Crippen molar-refractivity contribution in [3.05, 3.63) is 34.9 Å². The van der Waals surface area contributed by atoms with Crippen LogP contribution in [0.1, 0.15) is 59.3 Å². The molecule has 0 aliphatic rings. The average Bonchev–Trinajstić information content (AvgIpc) is 3.03. The molecular weight excluding hydrogens is 310 g/mol. The second-order valence-electron chi connectivity index (χ2n) is 5.71. The first kappa shape index (κ1) is 17.5. The number of aromatic nitrogens is 3. The Balaban J connectivity index is 2.22. The van der Waals surface area contributed by atoms with Crippen LogP contribution >= 0.6 is 11.8 Å². The van der Waals surface area contributed by atoms with E-state index in [4.69, 9.17) is 0 Å². The van der Waals surface area contributed by atoms with Crippen LogP contribution in [0.15, 0.2) is 17.6 Å². The lowest BCUT2D eigenvalue weighted by atomic mass is 10.0. The molecule has 0 fully saturated rings. The standard InChI is InChI=1S/C17H23N3O2S/c1-6-8-20-9-7-18-17(20)23-13(5)16(22)15-10(2)14(12(4)21)11(3)19-15/h7,9,13,19H,6,8H2,1-5H3. The molecule has 2 rings (SSSR count). The summed E-state index contributed by atoms with van der Waals surface area (Å²) < 4.78 is 2.06. The summed E-state index contributed by atoms with van der Waals surface area (Å²) in [4.78, 5) is 31.9. The molecule has 1 unspecified atom stereocenters. The Labute approximate surface area is 140 Å². The molecule has 0 radical (unpaired) electrons. The van der Waals surface area contributed by atoms with Gasteiger partial charge in [0.15, 0.2) is 16.7 Å². The van der Waals surface area contributed by atoms with Gasteiger partial charge in [-0.05, 0) is 39.7 Å². The number of hydrogen-bond donors (Lipinski definition) is 1. The maximum absolute atomic E-state index is 12.7. The lowest BCUT2D eigenvalue weighted by Gasteiger charge is -2.11. The third-order valence-corrected chi connectivity index (χ3v) is 4.95. The second-order valence-corrected chi connectivity index (χ2v) is 7.02. The first-order chi connectivity index (χ1) is 10.9. The number of thioether (sulfide) groups is 1. The maximum Gasteiger partial charge on any atom is 0.192 e. The number of aromatic amines is 1. The van der Waals surface area contributed by atoms with E-state index in [1.54, 1.807) is 6.20 Å². The topological polar surface area (TPSA) is 67.8 Å². The van der Waals surface area contributed by atoms with E-state index < -0.39 is 0 Å². The number of nitrogens with zero attached hydrogens (tertiary/aromatic N) is 2. The van der Waals surface area contributed by atoms with Crippen LogP contribution in [0, 0.1) is 13.8 Å². The van der Waals surface area contributed by atoms with Crippen LogP contribution in [-0.4, -0.2) is 31.4 Å². The highest BCUT2D eigenvalue weighted by molar-refractivity contribution is 8.00. The summed E-state index contributed by atoms with van der Waals surface area (Å²) in [5, 5.41) is 0.574. The predicted molar refractivity (Wildman–Crippen MR) is 92.4 cm³/mol. The zero-order valence-electron chi connectivity index (χ0n) is 14.3. The molecule has 2 aromatic rings. The van der Waals surface area contributed by atoms with Gasteiger partial charge >= 0.3 is 0 Å². The molecule has 6 heteroatoms. The summed E-state index contributed by atoms with van der Waals surface area (Å²) in [6, 6.07) is 0. The van der Waals surface area contributed by atoms with E-state index in [1.165, 1.54) is 18.7 Å². The number of nitrogens with one attached hydrogen (secondary N) is 1. The third-order valence-electron chi connectivity index (χ3n) is 3.83. The predicted octanol–water partition coefficient (Wildman–Crippen LogP) is 3.80. The van der Waals surface area contributed by atoms with Gasteiger partial charge in [0.25, 0.3) is 0 Å². The van der Waals surface area contributed by atoms with Crippen LogP contribution in [0.25, 0.3) is 0 Å². The molecule has 1 N–H and O–H groups in total. The van der Waals surface area contributed by atoms with Crippen molar-refractivity contribution in [2.75, 3.05) is 0 Å². The summed E-state index contributed by atoms with van der Waals surface area (Å²) in [5.41, 5.74) is 2.65. The summed E-state index contributed by atoms with van der Waals surface area (Å²) >= 11 is 1.45. The van der Waals surface area contributed by atoms with Crippen LogP contribution < -0.4 is 0 Å². The number of ketones is 2. The largest absolute Gasteiger partial charge is 0.355 e. The van der Waals surface area contributed by atoms with Crippen molar-refractivity contribution in [2.24, 2.45) is 0 Å². The molecule has 0 aliphatic carbocycles. The number of H-pyrrole nitrogens is 1. The molecule has 23 heavy (non-hydrogen) atoms.